The van der Waals surface area contributed by atoms with E-state index in [-0.39, 0.29) is 6.04 Å². The van der Waals surface area contributed by atoms with Crippen LogP contribution in [0.4, 0.5) is 0 Å². The van der Waals surface area contributed by atoms with Crippen molar-refractivity contribution >= 4 is 0 Å². The van der Waals surface area contributed by atoms with Crippen molar-refractivity contribution in [2.24, 2.45) is 5.73 Å². The average molecular weight is 225 g/mol. The fraction of sp³-hybridized carbons (Fsp3) is 0.250. The van der Waals surface area contributed by atoms with Crippen LogP contribution < -0.4 is 5.73 Å². The third kappa shape index (κ3) is 2.95. The molecule has 0 aromatic heterocycles. The summed E-state index contributed by atoms with van der Waals surface area (Å²) >= 11 is 0. The molecule has 2 N–H and O–H groups in total. The van der Waals surface area contributed by atoms with Crippen LogP contribution in [-0.2, 0) is 0 Å². The van der Waals surface area contributed by atoms with Gasteiger partial charge in [-0.15, -0.1) is 0 Å². The molecule has 2 aromatic rings. The molecule has 0 amide bonds. The molecule has 0 spiro atoms. The molecule has 1 nitrogen and oxygen atoms in total. The van der Waals surface area contributed by atoms with Crippen molar-refractivity contribution in [2.45, 2.75) is 25.8 Å². The average Bonchev–Trinajstić information content (AvgIpc) is 2.40. The summed E-state index contributed by atoms with van der Waals surface area (Å²) in [5.74, 6) is 0. The van der Waals surface area contributed by atoms with Gasteiger partial charge in [0.1, 0.15) is 0 Å². The Morgan fingerprint density at radius 2 is 1.65 bits per heavy atom. The van der Waals surface area contributed by atoms with E-state index in [0.717, 1.165) is 12.8 Å². The second-order valence-electron chi connectivity index (χ2n) is 4.39. The van der Waals surface area contributed by atoms with Crippen LogP contribution >= 0.6 is 0 Å². The Labute approximate surface area is 103 Å². The van der Waals surface area contributed by atoms with Crippen molar-refractivity contribution in [3.8, 4) is 11.1 Å². The third-order valence-electron chi connectivity index (χ3n) is 3.02. The van der Waals surface area contributed by atoms with Crippen molar-refractivity contribution in [1.29, 1.82) is 0 Å². The maximum Gasteiger partial charge on any atom is 0.0294 e. The first-order valence-corrected chi connectivity index (χ1v) is 6.22. The lowest BCUT2D eigenvalue weighted by atomic mass is 9.98. The van der Waals surface area contributed by atoms with Crippen LogP contribution in [0.3, 0.4) is 0 Å². The van der Waals surface area contributed by atoms with Gasteiger partial charge in [-0.1, -0.05) is 61.9 Å². The summed E-state index contributed by atoms with van der Waals surface area (Å²) < 4.78 is 0. The van der Waals surface area contributed by atoms with Gasteiger partial charge in [-0.25, -0.2) is 0 Å². The lowest BCUT2D eigenvalue weighted by molar-refractivity contribution is 0.638. The summed E-state index contributed by atoms with van der Waals surface area (Å²) in [7, 11) is 0. The maximum atomic E-state index is 6.15. The zero-order valence-electron chi connectivity index (χ0n) is 10.3. The maximum absolute atomic E-state index is 6.15. The van der Waals surface area contributed by atoms with Crippen LogP contribution in [0.1, 0.15) is 31.4 Å². The van der Waals surface area contributed by atoms with Crippen LogP contribution in [-0.4, -0.2) is 0 Å². The van der Waals surface area contributed by atoms with Crippen LogP contribution in [0.5, 0.6) is 0 Å². The molecular weight excluding hydrogens is 206 g/mol. The highest BCUT2D eigenvalue weighted by Gasteiger charge is 2.05. The van der Waals surface area contributed by atoms with E-state index in [1.54, 1.807) is 0 Å². The molecule has 0 saturated carbocycles. The first-order valence-electron chi connectivity index (χ1n) is 6.22. The Balaban J connectivity index is 2.29. The lowest BCUT2D eigenvalue weighted by Gasteiger charge is -2.12. The summed E-state index contributed by atoms with van der Waals surface area (Å²) in [5, 5.41) is 0. The number of hydrogen-bond acceptors (Lipinski definition) is 1. The molecule has 1 atom stereocenters. The minimum absolute atomic E-state index is 0.156. The first-order chi connectivity index (χ1) is 8.31. The topological polar surface area (TPSA) is 26.0 Å². The van der Waals surface area contributed by atoms with Gasteiger partial charge in [-0.2, -0.15) is 0 Å². The fourth-order valence-electron chi connectivity index (χ4n) is 2.06. The Bertz CT molecular complexity index is 462. The smallest absolute Gasteiger partial charge is 0.0294 e. The number of hydrogen-bond donors (Lipinski definition) is 1. The third-order valence-corrected chi connectivity index (χ3v) is 3.02. The summed E-state index contributed by atoms with van der Waals surface area (Å²) in [5.41, 5.74) is 9.88. The molecule has 0 heterocycles. The zero-order chi connectivity index (χ0) is 12.1. The van der Waals surface area contributed by atoms with Crippen molar-refractivity contribution in [2.75, 3.05) is 0 Å². The molecule has 0 unspecified atom stereocenters. The van der Waals surface area contributed by atoms with Gasteiger partial charge in [0.15, 0.2) is 0 Å². The Kier molecular flexibility index (Phi) is 3.94. The Hall–Kier alpha value is -1.60. The standard InChI is InChI=1S/C16H19N/c1-2-7-16(17)15-11-6-10-14(12-15)13-8-4-3-5-9-13/h3-6,8-12,16H,2,7,17H2,1H3/t16-/m0/s1. The second-order valence-corrected chi connectivity index (χ2v) is 4.39. The molecule has 88 valence electrons. The number of nitrogens with two attached hydrogens (primary N) is 1. The summed E-state index contributed by atoms with van der Waals surface area (Å²) in [4.78, 5) is 0. The summed E-state index contributed by atoms with van der Waals surface area (Å²) in [6.45, 7) is 2.17. The van der Waals surface area contributed by atoms with Crippen molar-refractivity contribution in [1.82, 2.24) is 0 Å². The highest BCUT2D eigenvalue weighted by atomic mass is 14.6. The number of rotatable bonds is 4. The molecule has 0 aliphatic carbocycles. The molecule has 0 aliphatic heterocycles. The molecule has 2 rings (SSSR count). The van der Waals surface area contributed by atoms with Gasteiger partial charge in [0.2, 0.25) is 0 Å². The lowest BCUT2D eigenvalue weighted by Crippen LogP contribution is -2.09. The normalized spacial score (nSPS) is 12.4. The monoisotopic (exact) mass is 225 g/mol. The zero-order valence-corrected chi connectivity index (χ0v) is 10.3. The van der Waals surface area contributed by atoms with Gasteiger partial charge in [-0.05, 0) is 29.2 Å². The first kappa shape index (κ1) is 11.9. The SMILES string of the molecule is CCC[C@H](N)c1cccc(-c2ccccc2)c1. The van der Waals surface area contributed by atoms with E-state index in [2.05, 4.69) is 55.5 Å². The predicted octanol–water partition coefficient (Wildman–Crippen LogP) is 4.15. The van der Waals surface area contributed by atoms with E-state index in [1.165, 1.54) is 16.7 Å². The minimum Gasteiger partial charge on any atom is -0.324 e. The second kappa shape index (κ2) is 5.65. The van der Waals surface area contributed by atoms with Gasteiger partial charge in [-0.3, -0.25) is 0 Å². The van der Waals surface area contributed by atoms with E-state index in [0.29, 0.717) is 0 Å². The van der Waals surface area contributed by atoms with Crippen LogP contribution in [0.2, 0.25) is 0 Å². The van der Waals surface area contributed by atoms with E-state index >= 15 is 0 Å². The van der Waals surface area contributed by atoms with E-state index in [1.807, 2.05) is 6.07 Å². The highest BCUT2D eigenvalue weighted by molar-refractivity contribution is 5.64. The van der Waals surface area contributed by atoms with Gasteiger partial charge >= 0.3 is 0 Å². The molecule has 17 heavy (non-hydrogen) atoms. The summed E-state index contributed by atoms with van der Waals surface area (Å²) in [6, 6.07) is 19.1. The van der Waals surface area contributed by atoms with E-state index in [4.69, 9.17) is 5.73 Å². The van der Waals surface area contributed by atoms with Gasteiger partial charge in [0.05, 0.1) is 0 Å². The number of benzene rings is 2. The Morgan fingerprint density at radius 3 is 2.35 bits per heavy atom. The minimum atomic E-state index is 0.156. The predicted molar refractivity (Wildman–Crippen MR) is 73.7 cm³/mol. The molecule has 0 radical (unpaired) electrons. The van der Waals surface area contributed by atoms with Gasteiger partial charge in [0.25, 0.3) is 0 Å². The van der Waals surface area contributed by atoms with Gasteiger partial charge in [0, 0.05) is 6.04 Å². The van der Waals surface area contributed by atoms with Gasteiger partial charge < -0.3 is 5.73 Å². The molecule has 1 heteroatoms. The fourth-order valence-corrected chi connectivity index (χ4v) is 2.06. The van der Waals surface area contributed by atoms with Crippen molar-refractivity contribution in [3.63, 3.8) is 0 Å². The van der Waals surface area contributed by atoms with Crippen molar-refractivity contribution in [3.05, 3.63) is 60.2 Å². The summed E-state index contributed by atoms with van der Waals surface area (Å²) in [6.07, 6.45) is 2.16. The molecule has 2 aromatic carbocycles. The molecule has 0 saturated heterocycles. The van der Waals surface area contributed by atoms with E-state index < -0.39 is 0 Å². The molecule has 0 bridgehead atoms. The van der Waals surface area contributed by atoms with Crippen molar-refractivity contribution < 1.29 is 0 Å². The quantitative estimate of drug-likeness (QED) is 0.831. The van der Waals surface area contributed by atoms with Crippen LogP contribution in [0, 0.1) is 0 Å². The molecular formula is C16H19N. The van der Waals surface area contributed by atoms with E-state index in [9.17, 15) is 0 Å². The van der Waals surface area contributed by atoms with Crippen LogP contribution in [0.25, 0.3) is 11.1 Å². The Morgan fingerprint density at radius 1 is 0.941 bits per heavy atom. The van der Waals surface area contributed by atoms with Crippen LogP contribution in [0.15, 0.2) is 54.6 Å². The highest BCUT2D eigenvalue weighted by Crippen LogP contribution is 2.23. The molecule has 0 aliphatic rings. The molecule has 0 fully saturated rings. The largest absolute Gasteiger partial charge is 0.324 e.